The van der Waals surface area contributed by atoms with E-state index in [0.717, 1.165) is 13.2 Å². The zero-order valence-corrected chi connectivity index (χ0v) is 14.9. The molecule has 3 aromatic carbocycles. The number of epoxide rings is 1. The van der Waals surface area contributed by atoms with Crippen molar-refractivity contribution in [1.82, 2.24) is 4.57 Å². The van der Waals surface area contributed by atoms with Crippen LogP contribution in [0, 0.1) is 6.92 Å². The summed E-state index contributed by atoms with van der Waals surface area (Å²) < 4.78 is 8.02. The fourth-order valence-electron chi connectivity index (χ4n) is 3.83. The van der Waals surface area contributed by atoms with E-state index in [1.807, 2.05) is 0 Å². The fourth-order valence-corrected chi connectivity index (χ4v) is 3.83. The smallest absolute Gasteiger partial charge is 0.0988 e. The molecule has 1 saturated heterocycles. The van der Waals surface area contributed by atoms with Crippen LogP contribution in [0.2, 0.25) is 0 Å². The molecule has 2 heterocycles. The van der Waals surface area contributed by atoms with Crippen molar-refractivity contribution in [2.75, 3.05) is 6.61 Å². The van der Waals surface area contributed by atoms with E-state index in [-0.39, 0.29) is 0 Å². The lowest BCUT2D eigenvalue weighted by Crippen LogP contribution is -2.05. The number of aromatic nitrogens is 1. The molecule has 4 aromatic rings. The second-order valence-electron chi connectivity index (χ2n) is 7.04. The molecule has 128 valence electrons. The Bertz CT molecular complexity index is 1060. The van der Waals surface area contributed by atoms with Crippen LogP contribution in [0.15, 0.2) is 78.9 Å². The summed E-state index contributed by atoms with van der Waals surface area (Å²) in [6.07, 6.45) is 0.331. The van der Waals surface area contributed by atoms with E-state index in [2.05, 4.69) is 90.4 Å². The number of benzene rings is 3. The molecule has 1 aliphatic rings. The van der Waals surface area contributed by atoms with E-state index < -0.39 is 0 Å². The van der Waals surface area contributed by atoms with Crippen LogP contribution in [-0.4, -0.2) is 17.3 Å². The average molecular weight is 339 g/mol. The molecular formula is C24H21NO. The Kier molecular flexibility index (Phi) is 3.65. The van der Waals surface area contributed by atoms with Gasteiger partial charge in [-0.15, -0.1) is 0 Å². The number of nitrogens with zero attached hydrogens (tertiary/aromatic N) is 1. The molecule has 5 rings (SSSR count). The van der Waals surface area contributed by atoms with Crippen molar-refractivity contribution in [1.29, 1.82) is 0 Å². The predicted molar refractivity (Wildman–Crippen MR) is 107 cm³/mol. The summed E-state index contributed by atoms with van der Waals surface area (Å²) in [5, 5.41) is 1.32. The van der Waals surface area contributed by atoms with Gasteiger partial charge in [0.15, 0.2) is 0 Å². The van der Waals surface area contributed by atoms with Gasteiger partial charge in [-0.3, -0.25) is 0 Å². The summed E-state index contributed by atoms with van der Waals surface area (Å²) in [5.41, 5.74) is 7.68. The maximum absolute atomic E-state index is 5.57. The maximum atomic E-state index is 5.57. The van der Waals surface area contributed by atoms with Crippen molar-refractivity contribution in [3.05, 3.63) is 84.4 Å². The average Bonchev–Trinajstić information content (AvgIpc) is 3.45. The van der Waals surface area contributed by atoms with Gasteiger partial charge in [-0.25, -0.2) is 0 Å². The zero-order valence-electron chi connectivity index (χ0n) is 14.9. The van der Waals surface area contributed by atoms with Crippen molar-refractivity contribution >= 4 is 10.9 Å². The first-order valence-corrected chi connectivity index (χ1v) is 9.16. The van der Waals surface area contributed by atoms with Crippen LogP contribution in [0.1, 0.15) is 5.56 Å². The number of rotatable bonds is 4. The highest BCUT2D eigenvalue weighted by atomic mass is 16.6. The minimum Gasteiger partial charge on any atom is -0.371 e. The summed E-state index contributed by atoms with van der Waals surface area (Å²) in [6, 6.07) is 28.2. The highest BCUT2D eigenvalue weighted by Gasteiger charge is 2.27. The fraction of sp³-hybridized carbons (Fsp3) is 0.167. The lowest BCUT2D eigenvalue weighted by atomic mass is 9.98. The third kappa shape index (κ3) is 2.63. The lowest BCUT2D eigenvalue weighted by molar-refractivity contribution is 0.386. The first-order valence-electron chi connectivity index (χ1n) is 9.16. The molecule has 2 heteroatoms. The van der Waals surface area contributed by atoms with Crippen LogP contribution in [-0.2, 0) is 11.3 Å². The number of aryl methyl sites for hydroxylation is 1. The Labute approximate surface area is 153 Å². The summed E-state index contributed by atoms with van der Waals surface area (Å²) in [5.74, 6) is 0. The van der Waals surface area contributed by atoms with Gasteiger partial charge in [0, 0.05) is 16.5 Å². The van der Waals surface area contributed by atoms with Crippen molar-refractivity contribution in [2.45, 2.75) is 19.6 Å². The van der Waals surface area contributed by atoms with Crippen molar-refractivity contribution in [3.8, 4) is 22.4 Å². The lowest BCUT2D eigenvalue weighted by Gasteiger charge is -2.12. The van der Waals surface area contributed by atoms with Crippen LogP contribution < -0.4 is 0 Å². The number of ether oxygens (including phenoxy) is 1. The minimum atomic E-state index is 0.331. The van der Waals surface area contributed by atoms with Gasteiger partial charge in [-0.05, 0) is 30.2 Å². The van der Waals surface area contributed by atoms with Crippen LogP contribution in [0.4, 0.5) is 0 Å². The molecule has 0 bridgehead atoms. The van der Waals surface area contributed by atoms with Crippen LogP contribution >= 0.6 is 0 Å². The molecule has 26 heavy (non-hydrogen) atoms. The molecule has 0 unspecified atom stereocenters. The normalized spacial score (nSPS) is 16.1. The topological polar surface area (TPSA) is 17.5 Å². The minimum absolute atomic E-state index is 0.331. The molecule has 1 aliphatic heterocycles. The highest BCUT2D eigenvalue weighted by Crippen LogP contribution is 2.41. The quantitative estimate of drug-likeness (QED) is 0.437. The van der Waals surface area contributed by atoms with Crippen LogP contribution in [0.25, 0.3) is 33.3 Å². The monoisotopic (exact) mass is 339 g/mol. The molecule has 0 radical (unpaired) electrons. The first-order chi connectivity index (χ1) is 12.8. The summed E-state index contributed by atoms with van der Waals surface area (Å²) in [4.78, 5) is 0. The summed E-state index contributed by atoms with van der Waals surface area (Å²) >= 11 is 0. The van der Waals surface area contributed by atoms with E-state index in [9.17, 15) is 0 Å². The summed E-state index contributed by atoms with van der Waals surface area (Å²) in [7, 11) is 0. The number of fused-ring (bicyclic) bond motifs is 1. The Balaban J connectivity index is 1.88. The van der Waals surface area contributed by atoms with Gasteiger partial charge in [-0.2, -0.15) is 0 Å². The van der Waals surface area contributed by atoms with E-state index in [4.69, 9.17) is 4.74 Å². The second kappa shape index (κ2) is 6.15. The second-order valence-corrected chi connectivity index (χ2v) is 7.04. The third-order valence-electron chi connectivity index (χ3n) is 5.12. The molecule has 2 nitrogen and oxygen atoms in total. The first kappa shape index (κ1) is 15.4. The molecule has 0 aliphatic carbocycles. The van der Waals surface area contributed by atoms with Gasteiger partial charge in [0.25, 0.3) is 0 Å². The standard InChI is InChI=1S/C24H21NO/c1-17-12-13-22-21(14-17)23(18-8-4-2-5-9-18)24(19-10-6-3-7-11-19)25(22)15-20-16-26-20/h2-14,20H,15-16H2,1H3/t20-/m0/s1. The molecule has 1 aromatic heterocycles. The zero-order chi connectivity index (χ0) is 17.5. The van der Waals surface area contributed by atoms with E-state index in [1.165, 1.54) is 38.9 Å². The maximum Gasteiger partial charge on any atom is 0.0988 e. The van der Waals surface area contributed by atoms with E-state index >= 15 is 0 Å². The van der Waals surface area contributed by atoms with E-state index in [0.29, 0.717) is 6.10 Å². The van der Waals surface area contributed by atoms with Gasteiger partial charge in [-0.1, -0.05) is 72.3 Å². The number of hydrogen-bond donors (Lipinski definition) is 0. The Morgan fingerprint density at radius 1 is 0.885 bits per heavy atom. The highest BCUT2D eigenvalue weighted by molar-refractivity contribution is 6.04. The molecule has 0 amide bonds. The largest absolute Gasteiger partial charge is 0.371 e. The molecule has 0 spiro atoms. The molecule has 1 atom stereocenters. The van der Waals surface area contributed by atoms with Gasteiger partial charge in [0.2, 0.25) is 0 Å². The molecular weight excluding hydrogens is 318 g/mol. The predicted octanol–water partition coefficient (Wildman–Crippen LogP) is 5.68. The van der Waals surface area contributed by atoms with Gasteiger partial charge in [0.1, 0.15) is 0 Å². The van der Waals surface area contributed by atoms with Crippen LogP contribution in [0.3, 0.4) is 0 Å². The Morgan fingerprint density at radius 2 is 1.54 bits per heavy atom. The SMILES string of the molecule is Cc1ccc2c(c1)c(-c1ccccc1)c(-c1ccccc1)n2C[C@H]1CO1. The van der Waals surface area contributed by atoms with E-state index in [1.54, 1.807) is 0 Å². The Morgan fingerprint density at radius 3 is 2.19 bits per heavy atom. The Hall–Kier alpha value is -2.84. The van der Waals surface area contributed by atoms with Gasteiger partial charge >= 0.3 is 0 Å². The third-order valence-corrected chi connectivity index (χ3v) is 5.12. The van der Waals surface area contributed by atoms with Crippen molar-refractivity contribution < 1.29 is 4.74 Å². The number of hydrogen-bond acceptors (Lipinski definition) is 1. The van der Waals surface area contributed by atoms with Gasteiger partial charge in [0.05, 0.1) is 24.9 Å². The summed E-state index contributed by atoms with van der Waals surface area (Å²) in [6.45, 7) is 3.93. The van der Waals surface area contributed by atoms with Crippen molar-refractivity contribution in [2.24, 2.45) is 0 Å². The van der Waals surface area contributed by atoms with Gasteiger partial charge < -0.3 is 9.30 Å². The van der Waals surface area contributed by atoms with Crippen LogP contribution in [0.5, 0.6) is 0 Å². The molecule has 0 saturated carbocycles. The molecule has 1 fully saturated rings. The van der Waals surface area contributed by atoms with Crippen molar-refractivity contribution in [3.63, 3.8) is 0 Å². The molecule has 0 N–H and O–H groups in total.